The summed E-state index contributed by atoms with van der Waals surface area (Å²) in [4.78, 5) is 0. The minimum atomic E-state index is 0.575. The summed E-state index contributed by atoms with van der Waals surface area (Å²) in [7, 11) is 0. The van der Waals surface area contributed by atoms with E-state index >= 15 is 0 Å². The number of H-pyrrole nitrogens is 1. The Balaban J connectivity index is 2.04. The second kappa shape index (κ2) is 3.28. The van der Waals surface area contributed by atoms with Crippen LogP contribution in [0.5, 0.6) is 0 Å². The third kappa shape index (κ3) is 1.57. The molecule has 0 saturated carbocycles. The van der Waals surface area contributed by atoms with Gasteiger partial charge >= 0.3 is 0 Å². The van der Waals surface area contributed by atoms with E-state index in [-0.39, 0.29) is 0 Å². The second-order valence-electron chi connectivity index (χ2n) is 2.58. The van der Waals surface area contributed by atoms with E-state index in [0.29, 0.717) is 5.25 Å². The Morgan fingerprint density at radius 3 is 3.27 bits per heavy atom. The van der Waals surface area contributed by atoms with Crippen LogP contribution in [0.25, 0.3) is 0 Å². The van der Waals surface area contributed by atoms with Crippen molar-refractivity contribution in [1.82, 2.24) is 15.5 Å². The molecule has 0 radical (unpaired) electrons. The normalized spacial score (nSPS) is 25.3. The maximum atomic E-state index is 3.93. The van der Waals surface area contributed by atoms with Crippen LogP contribution < -0.4 is 5.32 Å². The van der Waals surface area contributed by atoms with Crippen molar-refractivity contribution >= 4 is 11.8 Å². The smallest absolute Gasteiger partial charge is 0.0589 e. The fourth-order valence-corrected chi connectivity index (χ4v) is 2.30. The first-order chi connectivity index (χ1) is 5.47. The van der Waals surface area contributed by atoms with Crippen LogP contribution in [0.15, 0.2) is 12.3 Å². The summed E-state index contributed by atoms with van der Waals surface area (Å²) in [6.45, 7) is 2.20. The van der Waals surface area contributed by atoms with Gasteiger partial charge in [0, 0.05) is 30.7 Å². The number of hydrogen-bond donors (Lipinski definition) is 2. The van der Waals surface area contributed by atoms with Crippen molar-refractivity contribution in [3.05, 3.63) is 18.0 Å². The molecule has 0 aliphatic carbocycles. The SMILES string of the molecule is c1cc(C2CNCCS2)[nH]n1. The van der Waals surface area contributed by atoms with Gasteiger partial charge in [0.05, 0.1) is 5.25 Å². The van der Waals surface area contributed by atoms with Crippen molar-refractivity contribution < 1.29 is 0 Å². The topological polar surface area (TPSA) is 40.7 Å². The zero-order valence-corrected chi connectivity index (χ0v) is 7.03. The molecule has 1 unspecified atom stereocenters. The molecule has 11 heavy (non-hydrogen) atoms. The Labute approximate surface area is 70.0 Å². The number of nitrogens with zero attached hydrogens (tertiary/aromatic N) is 1. The lowest BCUT2D eigenvalue weighted by Crippen LogP contribution is -2.28. The maximum Gasteiger partial charge on any atom is 0.0589 e. The summed E-state index contributed by atoms with van der Waals surface area (Å²) in [5.74, 6) is 1.20. The maximum absolute atomic E-state index is 3.93. The predicted octanol–water partition coefficient (Wildman–Crippen LogP) is 0.787. The third-order valence-electron chi connectivity index (χ3n) is 1.80. The minimum absolute atomic E-state index is 0.575. The number of hydrogen-bond acceptors (Lipinski definition) is 3. The molecule has 0 bridgehead atoms. The third-order valence-corrected chi connectivity index (χ3v) is 3.06. The lowest BCUT2D eigenvalue weighted by atomic mass is 10.3. The lowest BCUT2D eigenvalue weighted by Gasteiger charge is -2.20. The molecule has 1 atom stereocenters. The molecular weight excluding hydrogens is 158 g/mol. The number of aromatic nitrogens is 2. The molecule has 1 aromatic rings. The van der Waals surface area contributed by atoms with Gasteiger partial charge in [0.2, 0.25) is 0 Å². The van der Waals surface area contributed by atoms with E-state index in [0.717, 1.165) is 13.1 Å². The van der Waals surface area contributed by atoms with Gasteiger partial charge in [0.15, 0.2) is 0 Å². The van der Waals surface area contributed by atoms with Crippen molar-refractivity contribution in [2.45, 2.75) is 5.25 Å². The van der Waals surface area contributed by atoms with E-state index in [9.17, 15) is 0 Å². The largest absolute Gasteiger partial charge is 0.314 e. The van der Waals surface area contributed by atoms with Gasteiger partial charge in [-0.2, -0.15) is 5.10 Å². The zero-order chi connectivity index (χ0) is 7.52. The van der Waals surface area contributed by atoms with Crippen LogP contribution in [-0.2, 0) is 0 Å². The van der Waals surface area contributed by atoms with E-state index in [4.69, 9.17) is 0 Å². The van der Waals surface area contributed by atoms with Crippen LogP contribution in [0, 0.1) is 0 Å². The highest BCUT2D eigenvalue weighted by Crippen LogP contribution is 2.27. The molecule has 0 amide bonds. The summed E-state index contributed by atoms with van der Waals surface area (Å²) in [6.07, 6.45) is 1.81. The number of aromatic amines is 1. The van der Waals surface area contributed by atoms with Crippen molar-refractivity contribution in [3.63, 3.8) is 0 Å². The van der Waals surface area contributed by atoms with E-state index in [1.807, 2.05) is 24.0 Å². The molecule has 1 aliphatic heterocycles. The van der Waals surface area contributed by atoms with Crippen LogP contribution in [0.4, 0.5) is 0 Å². The van der Waals surface area contributed by atoms with Gasteiger partial charge in [-0.05, 0) is 6.07 Å². The second-order valence-corrected chi connectivity index (χ2v) is 3.89. The van der Waals surface area contributed by atoms with Gasteiger partial charge in [-0.3, -0.25) is 5.10 Å². The molecule has 1 fully saturated rings. The van der Waals surface area contributed by atoms with Gasteiger partial charge < -0.3 is 5.32 Å². The standard InChI is InChI=1S/C7H11N3S/c1-2-9-10-6(1)7-5-8-3-4-11-7/h1-2,7-8H,3-5H2,(H,9,10). The van der Waals surface area contributed by atoms with Gasteiger partial charge in [-0.15, -0.1) is 11.8 Å². The highest BCUT2D eigenvalue weighted by atomic mass is 32.2. The van der Waals surface area contributed by atoms with Crippen LogP contribution in [-0.4, -0.2) is 29.0 Å². The summed E-state index contributed by atoms with van der Waals surface area (Å²) >= 11 is 1.99. The molecular formula is C7H11N3S. The quantitative estimate of drug-likeness (QED) is 0.653. The molecule has 1 aliphatic rings. The van der Waals surface area contributed by atoms with Crippen molar-refractivity contribution in [2.24, 2.45) is 0 Å². The van der Waals surface area contributed by atoms with E-state index < -0.39 is 0 Å². The van der Waals surface area contributed by atoms with Gasteiger partial charge in [-0.1, -0.05) is 0 Å². The number of rotatable bonds is 1. The molecule has 1 saturated heterocycles. The number of thioether (sulfide) groups is 1. The Bertz CT molecular complexity index is 203. The predicted molar refractivity (Wildman–Crippen MR) is 46.7 cm³/mol. The van der Waals surface area contributed by atoms with Crippen LogP contribution >= 0.6 is 11.8 Å². The molecule has 0 aromatic carbocycles. The van der Waals surface area contributed by atoms with E-state index in [1.54, 1.807) is 0 Å². The Morgan fingerprint density at radius 1 is 1.64 bits per heavy atom. The van der Waals surface area contributed by atoms with Crippen LogP contribution in [0.1, 0.15) is 10.9 Å². The molecule has 0 spiro atoms. The first kappa shape index (κ1) is 7.18. The highest BCUT2D eigenvalue weighted by Gasteiger charge is 2.15. The van der Waals surface area contributed by atoms with Crippen LogP contribution in [0.3, 0.4) is 0 Å². The van der Waals surface area contributed by atoms with Gasteiger partial charge in [0.1, 0.15) is 0 Å². The van der Waals surface area contributed by atoms with Crippen LogP contribution in [0.2, 0.25) is 0 Å². The molecule has 2 heterocycles. The summed E-state index contributed by atoms with van der Waals surface area (Å²) < 4.78 is 0. The number of nitrogens with one attached hydrogen (secondary N) is 2. The summed E-state index contributed by atoms with van der Waals surface area (Å²) in [5, 5.41) is 10.9. The van der Waals surface area contributed by atoms with E-state index in [2.05, 4.69) is 15.5 Å². The lowest BCUT2D eigenvalue weighted by molar-refractivity contribution is 0.678. The Morgan fingerprint density at radius 2 is 2.64 bits per heavy atom. The fraction of sp³-hybridized carbons (Fsp3) is 0.571. The average molecular weight is 169 g/mol. The fourth-order valence-electron chi connectivity index (χ4n) is 1.21. The molecule has 1 aromatic heterocycles. The summed E-state index contributed by atoms with van der Waals surface area (Å²) in [6, 6.07) is 2.05. The highest BCUT2D eigenvalue weighted by molar-refractivity contribution is 7.99. The molecule has 60 valence electrons. The molecule has 2 rings (SSSR count). The molecule has 2 N–H and O–H groups in total. The average Bonchev–Trinajstić information content (AvgIpc) is 2.58. The summed E-state index contributed by atoms with van der Waals surface area (Å²) in [5.41, 5.74) is 1.24. The van der Waals surface area contributed by atoms with Crippen molar-refractivity contribution in [2.75, 3.05) is 18.8 Å². The Kier molecular flexibility index (Phi) is 2.14. The minimum Gasteiger partial charge on any atom is -0.314 e. The first-order valence-electron chi connectivity index (χ1n) is 3.78. The molecule has 3 nitrogen and oxygen atoms in total. The Hall–Kier alpha value is -0.480. The monoisotopic (exact) mass is 169 g/mol. The van der Waals surface area contributed by atoms with Gasteiger partial charge in [0.25, 0.3) is 0 Å². The molecule has 4 heteroatoms. The van der Waals surface area contributed by atoms with Crippen molar-refractivity contribution in [3.8, 4) is 0 Å². The van der Waals surface area contributed by atoms with E-state index in [1.165, 1.54) is 11.4 Å². The van der Waals surface area contributed by atoms with Crippen molar-refractivity contribution in [1.29, 1.82) is 0 Å². The first-order valence-corrected chi connectivity index (χ1v) is 4.83. The van der Waals surface area contributed by atoms with Gasteiger partial charge in [-0.25, -0.2) is 0 Å². The zero-order valence-electron chi connectivity index (χ0n) is 6.21.